The molecule has 0 saturated heterocycles. The van der Waals surface area contributed by atoms with Crippen LogP contribution in [0.5, 0.6) is 5.75 Å². The maximum atomic E-state index is 10.6. The molecule has 0 radical (unpaired) electrons. The Bertz CT molecular complexity index is 414. The van der Waals surface area contributed by atoms with Crippen LogP contribution >= 0.6 is 0 Å². The van der Waals surface area contributed by atoms with E-state index in [-0.39, 0.29) is 0 Å². The highest BCUT2D eigenvalue weighted by Crippen LogP contribution is 2.25. The first-order valence-corrected chi connectivity index (χ1v) is 5.76. The number of rotatable bonds is 5. The number of aliphatic carboxylic acids is 1. The van der Waals surface area contributed by atoms with Gasteiger partial charge in [0.2, 0.25) is 0 Å². The largest absolute Gasteiger partial charge is 0.493 e. The maximum Gasteiger partial charge on any atom is 0.332 e. The molecule has 1 atom stereocenters. The fraction of sp³-hybridized carbons (Fsp3) is 0.462. The molecule has 0 bridgehead atoms. The highest BCUT2D eigenvalue weighted by atomic mass is 16.5. The van der Waals surface area contributed by atoms with Crippen molar-refractivity contribution in [1.29, 1.82) is 0 Å². The van der Waals surface area contributed by atoms with E-state index in [4.69, 9.17) is 14.6 Å². The number of benzene rings is 1. The monoisotopic (exact) mass is 236 g/mol. The molecule has 0 aliphatic carbocycles. The molecule has 92 valence electrons. The van der Waals surface area contributed by atoms with Crippen molar-refractivity contribution in [2.24, 2.45) is 0 Å². The van der Waals surface area contributed by atoms with Gasteiger partial charge in [-0.3, -0.25) is 0 Å². The lowest BCUT2D eigenvalue weighted by Gasteiger charge is -2.08. The van der Waals surface area contributed by atoms with Gasteiger partial charge in [0.1, 0.15) is 5.75 Å². The number of carbonyl (C=O) groups is 1. The van der Waals surface area contributed by atoms with Gasteiger partial charge in [-0.1, -0.05) is 12.1 Å². The number of hydrogen-bond acceptors (Lipinski definition) is 3. The number of hydrogen-bond donors (Lipinski definition) is 1. The summed E-state index contributed by atoms with van der Waals surface area (Å²) in [6.45, 7) is 2.72. The lowest BCUT2D eigenvalue weighted by atomic mass is 10.1. The van der Waals surface area contributed by atoms with Crippen molar-refractivity contribution < 1.29 is 19.4 Å². The summed E-state index contributed by atoms with van der Waals surface area (Å²) in [5.74, 6) is 0.0425. The molecule has 1 aromatic carbocycles. The van der Waals surface area contributed by atoms with Crippen molar-refractivity contribution in [3.05, 3.63) is 29.3 Å². The van der Waals surface area contributed by atoms with E-state index >= 15 is 0 Å². The first-order valence-electron chi connectivity index (χ1n) is 5.76. The van der Waals surface area contributed by atoms with E-state index in [1.165, 1.54) is 5.56 Å². The molecule has 4 heteroatoms. The van der Waals surface area contributed by atoms with Crippen LogP contribution in [0.4, 0.5) is 0 Å². The summed E-state index contributed by atoms with van der Waals surface area (Å²) in [6.07, 6.45) is 0.938. The van der Waals surface area contributed by atoms with Gasteiger partial charge in [-0.2, -0.15) is 0 Å². The summed E-state index contributed by atoms with van der Waals surface area (Å²) < 4.78 is 10.6. The Morgan fingerprint density at radius 2 is 2.41 bits per heavy atom. The fourth-order valence-electron chi connectivity index (χ4n) is 1.82. The van der Waals surface area contributed by atoms with Gasteiger partial charge in [-0.25, -0.2) is 4.79 Å². The zero-order chi connectivity index (χ0) is 12.3. The summed E-state index contributed by atoms with van der Waals surface area (Å²) in [5.41, 5.74) is 2.39. The van der Waals surface area contributed by atoms with Gasteiger partial charge in [-0.15, -0.1) is 0 Å². The van der Waals surface area contributed by atoms with Crippen molar-refractivity contribution in [1.82, 2.24) is 0 Å². The van der Waals surface area contributed by atoms with Crippen molar-refractivity contribution in [2.45, 2.75) is 25.9 Å². The van der Waals surface area contributed by atoms with Crippen LogP contribution in [-0.2, 0) is 22.4 Å². The molecule has 1 aliphatic heterocycles. The summed E-state index contributed by atoms with van der Waals surface area (Å²) >= 11 is 0. The minimum Gasteiger partial charge on any atom is -0.493 e. The minimum absolute atomic E-state index is 0.424. The van der Waals surface area contributed by atoms with Crippen molar-refractivity contribution in [2.75, 3.05) is 13.2 Å². The Kier molecular flexibility index (Phi) is 3.64. The molecule has 17 heavy (non-hydrogen) atoms. The van der Waals surface area contributed by atoms with Crippen LogP contribution in [0, 0.1) is 0 Å². The SMILES string of the molecule is CC(OCCc1ccc2c(c1)CCO2)C(=O)O. The van der Waals surface area contributed by atoms with Crippen molar-refractivity contribution in [3.8, 4) is 5.75 Å². The van der Waals surface area contributed by atoms with E-state index in [0.29, 0.717) is 6.61 Å². The standard InChI is InChI=1S/C13H16O4/c1-9(13(14)15)16-6-4-10-2-3-12-11(8-10)5-7-17-12/h2-3,8-9H,4-7H2,1H3,(H,14,15). The maximum absolute atomic E-state index is 10.6. The Balaban J connectivity index is 1.85. The van der Waals surface area contributed by atoms with Crippen LogP contribution < -0.4 is 4.74 Å². The van der Waals surface area contributed by atoms with Gasteiger partial charge in [0.25, 0.3) is 0 Å². The smallest absolute Gasteiger partial charge is 0.332 e. The second-order valence-electron chi connectivity index (χ2n) is 4.14. The lowest BCUT2D eigenvalue weighted by molar-refractivity contribution is -0.149. The van der Waals surface area contributed by atoms with Crippen LogP contribution in [0.2, 0.25) is 0 Å². The van der Waals surface area contributed by atoms with Gasteiger partial charge in [0.15, 0.2) is 6.10 Å². The molecule has 0 fully saturated rings. The van der Waals surface area contributed by atoms with E-state index in [1.54, 1.807) is 6.92 Å². The Morgan fingerprint density at radius 3 is 3.18 bits per heavy atom. The first kappa shape index (κ1) is 11.9. The zero-order valence-electron chi connectivity index (χ0n) is 9.81. The summed E-state index contributed by atoms with van der Waals surface area (Å²) in [6, 6.07) is 6.08. The third-order valence-electron chi connectivity index (χ3n) is 2.86. The molecule has 0 aromatic heterocycles. The molecule has 0 saturated carbocycles. The van der Waals surface area contributed by atoms with Crippen LogP contribution in [-0.4, -0.2) is 30.4 Å². The molecule has 1 heterocycles. The Hall–Kier alpha value is -1.55. The van der Waals surface area contributed by atoms with E-state index < -0.39 is 12.1 Å². The van der Waals surface area contributed by atoms with Crippen molar-refractivity contribution >= 4 is 5.97 Å². The van der Waals surface area contributed by atoms with Crippen LogP contribution in [0.3, 0.4) is 0 Å². The number of fused-ring (bicyclic) bond motifs is 1. The van der Waals surface area contributed by atoms with E-state index in [2.05, 4.69) is 6.07 Å². The summed E-state index contributed by atoms with van der Waals surface area (Å²) in [7, 11) is 0. The van der Waals surface area contributed by atoms with Gasteiger partial charge < -0.3 is 14.6 Å². The van der Waals surface area contributed by atoms with Crippen LogP contribution in [0.1, 0.15) is 18.1 Å². The third-order valence-corrected chi connectivity index (χ3v) is 2.86. The Morgan fingerprint density at radius 1 is 1.59 bits per heavy atom. The fourth-order valence-corrected chi connectivity index (χ4v) is 1.82. The summed E-state index contributed by atoms with van der Waals surface area (Å²) in [5, 5.41) is 8.66. The van der Waals surface area contributed by atoms with Gasteiger partial charge in [-0.05, 0) is 30.5 Å². The second-order valence-corrected chi connectivity index (χ2v) is 4.14. The number of ether oxygens (including phenoxy) is 2. The predicted molar refractivity (Wildman–Crippen MR) is 62.4 cm³/mol. The van der Waals surface area contributed by atoms with Crippen LogP contribution in [0.25, 0.3) is 0 Å². The molecule has 1 aromatic rings. The number of carboxylic acids is 1. The van der Waals surface area contributed by atoms with Crippen LogP contribution in [0.15, 0.2) is 18.2 Å². The lowest BCUT2D eigenvalue weighted by Crippen LogP contribution is -2.20. The molecule has 2 rings (SSSR count). The van der Waals surface area contributed by atoms with Gasteiger partial charge in [0, 0.05) is 6.42 Å². The van der Waals surface area contributed by atoms with Gasteiger partial charge >= 0.3 is 5.97 Å². The average molecular weight is 236 g/mol. The van der Waals surface area contributed by atoms with Gasteiger partial charge in [0.05, 0.1) is 13.2 Å². The molecule has 0 spiro atoms. The van der Waals surface area contributed by atoms with E-state index in [9.17, 15) is 4.79 Å². The highest BCUT2D eigenvalue weighted by Gasteiger charge is 2.13. The first-order chi connectivity index (χ1) is 8.16. The Labute approximate surface area is 100 Å². The molecular formula is C13H16O4. The molecule has 1 aliphatic rings. The molecular weight excluding hydrogens is 220 g/mol. The zero-order valence-corrected chi connectivity index (χ0v) is 9.81. The summed E-state index contributed by atoms with van der Waals surface area (Å²) in [4.78, 5) is 10.6. The van der Waals surface area contributed by atoms with Crippen molar-refractivity contribution in [3.63, 3.8) is 0 Å². The minimum atomic E-state index is -0.924. The normalized spacial score (nSPS) is 15.1. The third kappa shape index (κ3) is 2.97. The molecule has 1 unspecified atom stereocenters. The highest BCUT2D eigenvalue weighted by molar-refractivity contribution is 5.71. The molecule has 1 N–H and O–H groups in total. The predicted octanol–water partition coefficient (Wildman–Crippen LogP) is 1.65. The average Bonchev–Trinajstić information content (AvgIpc) is 2.75. The van der Waals surface area contributed by atoms with E-state index in [0.717, 1.165) is 30.8 Å². The quantitative estimate of drug-likeness (QED) is 0.844. The number of carboxylic acid groups (broad SMARTS) is 1. The molecule has 0 amide bonds. The topological polar surface area (TPSA) is 55.8 Å². The van der Waals surface area contributed by atoms with E-state index in [1.807, 2.05) is 12.1 Å². The second kappa shape index (κ2) is 5.19. The molecule has 4 nitrogen and oxygen atoms in total.